The molecular weight excluding hydrogens is 414 g/mol. The minimum atomic E-state index is -0.953. The maximum atomic E-state index is 11.1. The molecule has 0 aliphatic carbocycles. The molecule has 0 saturated carbocycles. The van der Waals surface area contributed by atoms with Gasteiger partial charge < -0.3 is 9.67 Å². The lowest BCUT2D eigenvalue weighted by Crippen LogP contribution is -2.04. The number of fused-ring (bicyclic) bond motifs is 1. The SMILES string of the molecule is CC.Cn1c(C(=O)O)cc2ccc(-c3cnn(PI)c3)nc21. The van der Waals surface area contributed by atoms with Gasteiger partial charge in [0, 0.05) is 24.2 Å². The number of carboxylic acids is 1. The first-order chi connectivity index (χ1) is 10.6. The summed E-state index contributed by atoms with van der Waals surface area (Å²) in [5.74, 6) is -0.953. The van der Waals surface area contributed by atoms with Gasteiger partial charge in [0.25, 0.3) is 0 Å². The van der Waals surface area contributed by atoms with E-state index in [0.717, 1.165) is 16.6 Å². The lowest BCUT2D eigenvalue weighted by atomic mass is 10.2. The molecule has 1 atom stereocenters. The van der Waals surface area contributed by atoms with Crippen LogP contribution in [-0.2, 0) is 7.05 Å². The second-order valence-electron chi connectivity index (χ2n) is 4.26. The van der Waals surface area contributed by atoms with E-state index in [0.29, 0.717) is 12.0 Å². The number of aromatic nitrogens is 4. The molecule has 0 saturated heterocycles. The number of carbonyl (C=O) groups is 1. The third kappa shape index (κ3) is 3.15. The molecule has 1 N–H and O–H groups in total. The van der Waals surface area contributed by atoms with Gasteiger partial charge >= 0.3 is 5.97 Å². The molecular formula is C14H16IN4O2P. The van der Waals surface area contributed by atoms with Gasteiger partial charge in [0.2, 0.25) is 0 Å². The molecule has 0 fully saturated rings. The molecule has 0 amide bonds. The number of aromatic carboxylic acids is 1. The largest absolute Gasteiger partial charge is 0.477 e. The minimum Gasteiger partial charge on any atom is -0.477 e. The van der Waals surface area contributed by atoms with Gasteiger partial charge in [-0.25, -0.2) is 14.2 Å². The highest BCUT2D eigenvalue weighted by molar-refractivity contribution is 14.2. The third-order valence-corrected chi connectivity index (χ3v) is 4.96. The number of pyridine rings is 1. The summed E-state index contributed by atoms with van der Waals surface area (Å²) in [5, 5.41) is 14.2. The topological polar surface area (TPSA) is 72.9 Å². The summed E-state index contributed by atoms with van der Waals surface area (Å²) in [4.78, 5) is 15.7. The van der Waals surface area contributed by atoms with Crippen molar-refractivity contribution in [2.24, 2.45) is 7.05 Å². The van der Waals surface area contributed by atoms with Crippen LogP contribution in [0.25, 0.3) is 22.3 Å². The van der Waals surface area contributed by atoms with E-state index in [9.17, 15) is 4.79 Å². The number of hydrogen-bond acceptors (Lipinski definition) is 3. The van der Waals surface area contributed by atoms with E-state index >= 15 is 0 Å². The Morgan fingerprint density at radius 2 is 2.09 bits per heavy atom. The van der Waals surface area contributed by atoms with Crippen LogP contribution in [0.1, 0.15) is 24.3 Å². The summed E-state index contributed by atoms with van der Waals surface area (Å²) in [7, 11) is 1.71. The van der Waals surface area contributed by atoms with Crippen LogP contribution in [0.15, 0.2) is 30.6 Å². The fraction of sp³-hybridized carbons (Fsp3) is 0.214. The number of aryl methyl sites for hydroxylation is 1. The van der Waals surface area contributed by atoms with Crippen molar-refractivity contribution in [2.45, 2.75) is 13.8 Å². The van der Waals surface area contributed by atoms with Crippen LogP contribution in [0.3, 0.4) is 0 Å². The van der Waals surface area contributed by atoms with Crippen molar-refractivity contribution in [3.63, 3.8) is 0 Å². The Bertz CT molecular complexity index is 812. The zero-order valence-electron chi connectivity index (χ0n) is 12.4. The van der Waals surface area contributed by atoms with Gasteiger partial charge in [-0.3, -0.25) is 0 Å². The summed E-state index contributed by atoms with van der Waals surface area (Å²) >= 11 is 2.25. The minimum absolute atomic E-state index is 0.231. The van der Waals surface area contributed by atoms with Crippen LogP contribution in [0.2, 0.25) is 0 Å². The molecule has 0 aliphatic heterocycles. The Morgan fingerprint density at radius 3 is 2.68 bits per heavy atom. The normalized spacial score (nSPS) is 10.9. The third-order valence-electron chi connectivity index (χ3n) is 3.06. The van der Waals surface area contributed by atoms with Crippen LogP contribution in [-0.4, -0.2) is 30.2 Å². The van der Waals surface area contributed by atoms with E-state index in [1.807, 2.05) is 36.6 Å². The standard InChI is InChI=1S/C12H10IN4O2P.C2H6/c1-16-10(12(18)19)4-7-2-3-9(15-11(7)16)8-5-14-17(6-8)20-13;1-2/h2-6,20H,1H3,(H,18,19);1-2H3. The zero-order valence-corrected chi connectivity index (χ0v) is 15.6. The first-order valence-electron chi connectivity index (χ1n) is 6.71. The molecule has 1 unspecified atom stereocenters. The Labute approximate surface area is 142 Å². The van der Waals surface area contributed by atoms with Crippen molar-refractivity contribution in [1.82, 2.24) is 19.1 Å². The van der Waals surface area contributed by atoms with Crippen molar-refractivity contribution in [2.75, 3.05) is 0 Å². The van der Waals surface area contributed by atoms with Gasteiger partial charge in [-0.15, -0.1) is 0 Å². The highest BCUT2D eigenvalue weighted by Gasteiger charge is 2.14. The average Bonchev–Trinajstić information content (AvgIpc) is 3.14. The Hall–Kier alpha value is -1.47. The van der Waals surface area contributed by atoms with E-state index in [-0.39, 0.29) is 5.69 Å². The fourth-order valence-electron chi connectivity index (χ4n) is 2.07. The van der Waals surface area contributed by atoms with Gasteiger partial charge in [-0.2, -0.15) is 5.10 Å². The van der Waals surface area contributed by atoms with Crippen LogP contribution in [0.4, 0.5) is 0 Å². The Balaban J connectivity index is 0.000000847. The van der Waals surface area contributed by atoms with E-state index in [2.05, 4.69) is 32.1 Å². The molecule has 0 bridgehead atoms. The van der Waals surface area contributed by atoms with Gasteiger partial charge in [-0.05, 0) is 40.2 Å². The smallest absolute Gasteiger partial charge is 0.352 e. The monoisotopic (exact) mass is 430 g/mol. The molecule has 6 nitrogen and oxygen atoms in total. The molecule has 3 rings (SSSR count). The lowest BCUT2D eigenvalue weighted by Gasteiger charge is -2.01. The number of rotatable bonds is 3. The molecule has 3 heterocycles. The van der Waals surface area contributed by atoms with Crippen LogP contribution in [0, 0.1) is 0 Å². The number of carboxylic acid groups (broad SMARTS) is 1. The first-order valence-corrected chi connectivity index (χ1v) is 10.8. The van der Waals surface area contributed by atoms with Gasteiger partial charge in [0.15, 0.2) is 0 Å². The average molecular weight is 430 g/mol. The van der Waals surface area contributed by atoms with Crippen molar-refractivity contribution >= 4 is 45.4 Å². The summed E-state index contributed by atoms with van der Waals surface area (Å²) in [6, 6.07) is 5.39. The molecule has 0 aromatic carbocycles. The second-order valence-corrected chi connectivity index (χ2v) is 6.34. The first kappa shape index (κ1) is 16.9. The Kier molecular flexibility index (Phi) is 5.52. The number of nitrogens with zero attached hydrogens (tertiary/aromatic N) is 4. The highest BCUT2D eigenvalue weighted by Crippen LogP contribution is 2.27. The van der Waals surface area contributed by atoms with Gasteiger partial charge in [-0.1, -0.05) is 13.8 Å². The molecule has 0 spiro atoms. The van der Waals surface area contributed by atoms with Crippen LogP contribution >= 0.6 is 28.4 Å². The predicted molar refractivity (Wildman–Crippen MR) is 98.0 cm³/mol. The summed E-state index contributed by atoms with van der Waals surface area (Å²) in [6.45, 7) is 4.00. The zero-order chi connectivity index (χ0) is 16.3. The van der Waals surface area contributed by atoms with Crippen LogP contribution in [0.5, 0.6) is 0 Å². The highest BCUT2D eigenvalue weighted by atomic mass is 127. The number of halogens is 1. The molecule has 116 valence electrons. The van der Waals surface area contributed by atoms with Gasteiger partial charge in [0.05, 0.1) is 18.3 Å². The second kappa shape index (κ2) is 7.19. The Morgan fingerprint density at radius 1 is 1.36 bits per heavy atom. The van der Waals surface area contributed by atoms with E-state index < -0.39 is 5.97 Å². The van der Waals surface area contributed by atoms with Crippen molar-refractivity contribution in [1.29, 1.82) is 0 Å². The van der Waals surface area contributed by atoms with Crippen molar-refractivity contribution < 1.29 is 9.90 Å². The van der Waals surface area contributed by atoms with E-state index in [1.54, 1.807) is 23.9 Å². The molecule has 3 aromatic rings. The number of hydrogen-bond donors (Lipinski definition) is 1. The molecule has 8 heteroatoms. The maximum absolute atomic E-state index is 11.1. The van der Waals surface area contributed by atoms with Crippen molar-refractivity contribution in [3.05, 3.63) is 36.3 Å². The molecule has 0 aliphatic rings. The molecule has 22 heavy (non-hydrogen) atoms. The predicted octanol–water partition coefficient (Wildman–Crippen LogP) is 3.95. The van der Waals surface area contributed by atoms with Crippen molar-refractivity contribution in [3.8, 4) is 11.3 Å². The van der Waals surface area contributed by atoms with E-state index in [1.165, 1.54) is 0 Å². The summed E-state index contributed by atoms with van der Waals surface area (Å²) in [6.07, 6.45) is 4.24. The molecule has 0 radical (unpaired) electrons. The van der Waals surface area contributed by atoms with Crippen LogP contribution < -0.4 is 0 Å². The summed E-state index contributed by atoms with van der Waals surface area (Å²) < 4.78 is 3.43. The maximum Gasteiger partial charge on any atom is 0.352 e. The fourth-order valence-corrected chi connectivity index (χ4v) is 3.15. The lowest BCUT2D eigenvalue weighted by molar-refractivity contribution is 0.0687. The van der Waals surface area contributed by atoms with Gasteiger partial charge in [0.1, 0.15) is 11.3 Å². The molecule has 3 aromatic heterocycles. The van der Waals surface area contributed by atoms with E-state index in [4.69, 9.17) is 5.11 Å². The summed E-state index contributed by atoms with van der Waals surface area (Å²) in [5.41, 5.74) is 2.60. The quantitative estimate of drug-likeness (QED) is 0.505.